The molecule has 0 saturated heterocycles. The van der Waals surface area contributed by atoms with Crippen molar-refractivity contribution in [2.75, 3.05) is 6.54 Å². The minimum Gasteiger partial charge on any atom is -0.481 e. The van der Waals surface area contributed by atoms with Crippen LogP contribution in [-0.4, -0.2) is 39.3 Å². The molecule has 7 nitrogen and oxygen atoms in total. The zero-order valence-electron chi connectivity index (χ0n) is 11.6. The first-order valence-corrected chi connectivity index (χ1v) is 6.47. The van der Waals surface area contributed by atoms with Gasteiger partial charge in [0.25, 0.3) is 5.91 Å². The number of carbonyl (C=O) groups excluding carboxylic acids is 1. The smallest absolute Gasteiger partial charge is 0.406 e. The molecule has 0 aliphatic heterocycles. The Bertz CT molecular complexity index is 807. The highest BCUT2D eigenvalue weighted by Gasteiger charge is 2.29. The predicted molar refractivity (Wildman–Crippen MR) is 73.2 cm³/mol. The minimum atomic E-state index is -4.55. The molecule has 0 radical (unpaired) electrons. The maximum atomic E-state index is 12.5. The fraction of sp³-hybridized carbons (Fsp3) is 0.308. The number of hydrogen-bond acceptors (Lipinski definition) is 3. The Balaban J connectivity index is 2.25. The van der Waals surface area contributed by atoms with Gasteiger partial charge < -0.3 is 15.4 Å². The van der Waals surface area contributed by atoms with E-state index in [0.717, 1.165) is 0 Å². The molecule has 1 aromatic carbocycles. The maximum absolute atomic E-state index is 12.5. The van der Waals surface area contributed by atoms with Gasteiger partial charge in [0.2, 0.25) is 0 Å². The van der Waals surface area contributed by atoms with Crippen LogP contribution < -0.4 is 11.0 Å². The van der Waals surface area contributed by atoms with Gasteiger partial charge in [-0.2, -0.15) is 13.2 Å². The molecular weight excluding hydrogens is 319 g/mol. The molecule has 1 heterocycles. The Morgan fingerprint density at radius 1 is 1.30 bits per heavy atom. The fourth-order valence-electron chi connectivity index (χ4n) is 2.03. The quantitative estimate of drug-likeness (QED) is 0.763. The van der Waals surface area contributed by atoms with Gasteiger partial charge in [0.15, 0.2) is 0 Å². The van der Waals surface area contributed by atoms with Crippen molar-refractivity contribution in [1.29, 1.82) is 0 Å². The van der Waals surface area contributed by atoms with Crippen LogP contribution in [0.25, 0.3) is 11.0 Å². The Kier molecular flexibility index (Phi) is 4.43. The molecule has 2 rings (SSSR count). The van der Waals surface area contributed by atoms with Crippen LogP contribution >= 0.6 is 0 Å². The van der Waals surface area contributed by atoms with Crippen LogP contribution in [0.2, 0.25) is 0 Å². The summed E-state index contributed by atoms with van der Waals surface area (Å²) < 4.78 is 37.9. The summed E-state index contributed by atoms with van der Waals surface area (Å²) in [7, 11) is 0. The molecule has 0 spiro atoms. The number of benzene rings is 1. The van der Waals surface area contributed by atoms with Gasteiger partial charge >= 0.3 is 17.8 Å². The Morgan fingerprint density at radius 3 is 2.61 bits per heavy atom. The number of imidazole rings is 1. The summed E-state index contributed by atoms with van der Waals surface area (Å²) in [6, 6.07) is 3.73. The molecule has 0 saturated carbocycles. The molecule has 0 bridgehead atoms. The molecule has 0 aliphatic rings. The SMILES string of the molecule is O=C(O)CCNC(=O)c1ccc2c(c1)[nH]c(=O)n2CC(F)(F)F. The van der Waals surface area contributed by atoms with Crippen LogP contribution in [0.4, 0.5) is 13.2 Å². The molecular formula is C13H12F3N3O4. The van der Waals surface area contributed by atoms with Crippen molar-refractivity contribution in [1.82, 2.24) is 14.9 Å². The van der Waals surface area contributed by atoms with Crippen molar-refractivity contribution < 1.29 is 27.9 Å². The lowest BCUT2D eigenvalue weighted by molar-refractivity contribution is -0.140. The summed E-state index contributed by atoms with van der Waals surface area (Å²) >= 11 is 0. The molecule has 124 valence electrons. The number of carbonyl (C=O) groups is 2. The molecule has 10 heteroatoms. The highest BCUT2D eigenvalue weighted by atomic mass is 19.4. The second-order valence-electron chi connectivity index (χ2n) is 4.76. The summed E-state index contributed by atoms with van der Waals surface area (Å²) in [5.41, 5.74) is -0.719. The lowest BCUT2D eigenvalue weighted by Crippen LogP contribution is -2.26. The number of aliphatic carboxylic acids is 1. The molecule has 0 aliphatic carbocycles. The molecule has 0 atom stereocenters. The van der Waals surface area contributed by atoms with Gasteiger partial charge in [-0.25, -0.2) is 4.79 Å². The second-order valence-corrected chi connectivity index (χ2v) is 4.76. The summed E-state index contributed by atoms with van der Waals surface area (Å²) in [5.74, 6) is -1.66. The summed E-state index contributed by atoms with van der Waals surface area (Å²) in [6.07, 6.45) is -4.81. The number of carboxylic acids is 1. The average molecular weight is 331 g/mol. The first kappa shape index (κ1) is 16.6. The van der Waals surface area contributed by atoms with E-state index < -0.39 is 30.3 Å². The van der Waals surface area contributed by atoms with E-state index in [1.54, 1.807) is 0 Å². The Hall–Kier alpha value is -2.78. The number of aromatic nitrogens is 2. The minimum absolute atomic E-state index is 0.0226. The number of amides is 1. The number of halogens is 3. The van der Waals surface area contributed by atoms with Crippen molar-refractivity contribution in [3.8, 4) is 0 Å². The Labute approximate surface area is 126 Å². The fourth-order valence-corrected chi connectivity index (χ4v) is 2.03. The number of aromatic amines is 1. The number of carboxylic acid groups (broad SMARTS) is 1. The molecule has 1 amide bonds. The standard InChI is InChI=1S/C13H12F3N3O4/c14-13(15,16)6-19-9-2-1-7(5-8(9)18-12(19)23)11(22)17-4-3-10(20)21/h1-2,5H,3-4,6H2,(H,17,22)(H,18,23)(H,20,21). The van der Waals surface area contributed by atoms with E-state index in [1.165, 1.54) is 18.2 Å². The van der Waals surface area contributed by atoms with Crippen molar-refractivity contribution >= 4 is 22.9 Å². The average Bonchev–Trinajstić information content (AvgIpc) is 2.72. The van der Waals surface area contributed by atoms with E-state index in [2.05, 4.69) is 10.3 Å². The van der Waals surface area contributed by atoms with Crippen LogP contribution in [0.1, 0.15) is 16.8 Å². The van der Waals surface area contributed by atoms with Gasteiger partial charge in [-0.3, -0.25) is 14.2 Å². The van der Waals surface area contributed by atoms with Gasteiger partial charge in [0.05, 0.1) is 17.5 Å². The molecule has 1 aromatic heterocycles. The highest BCUT2D eigenvalue weighted by Crippen LogP contribution is 2.20. The van der Waals surface area contributed by atoms with E-state index in [0.29, 0.717) is 4.57 Å². The number of rotatable bonds is 5. The van der Waals surface area contributed by atoms with Crippen LogP contribution in [0.3, 0.4) is 0 Å². The van der Waals surface area contributed by atoms with Crippen LogP contribution in [-0.2, 0) is 11.3 Å². The van der Waals surface area contributed by atoms with E-state index in [4.69, 9.17) is 5.11 Å². The van der Waals surface area contributed by atoms with Crippen molar-refractivity contribution in [3.05, 3.63) is 34.2 Å². The van der Waals surface area contributed by atoms with Gasteiger partial charge in [0, 0.05) is 12.1 Å². The molecule has 0 unspecified atom stereocenters. The lowest BCUT2D eigenvalue weighted by Gasteiger charge is -2.08. The van der Waals surface area contributed by atoms with E-state index in [-0.39, 0.29) is 29.6 Å². The third kappa shape index (κ3) is 4.11. The monoisotopic (exact) mass is 331 g/mol. The number of alkyl halides is 3. The van der Waals surface area contributed by atoms with E-state index >= 15 is 0 Å². The van der Waals surface area contributed by atoms with Gasteiger partial charge in [-0.1, -0.05) is 0 Å². The highest BCUT2D eigenvalue weighted by molar-refractivity contribution is 5.97. The zero-order chi connectivity index (χ0) is 17.2. The Morgan fingerprint density at radius 2 is 2.00 bits per heavy atom. The number of H-pyrrole nitrogens is 1. The van der Waals surface area contributed by atoms with Crippen molar-refractivity contribution in [2.45, 2.75) is 19.1 Å². The number of nitrogens with zero attached hydrogens (tertiary/aromatic N) is 1. The number of nitrogens with one attached hydrogen (secondary N) is 2. The molecule has 0 fully saturated rings. The van der Waals surface area contributed by atoms with Gasteiger partial charge in [-0.05, 0) is 18.2 Å². The van der Waals surface area contributed by atoms with E-state index in [9.17, 15) is 27.6 Å². The first-order valence-electron chi connectivity index (χ1n) is 6.47. The van der Waals surface area contributed by atoms with Crippen LogP contribution in [0, 0.1) is 0 Å². The molecule has 2 aromatic rings. The summed E-state index contributed by atoms with van der Waals surface area (Å²) in [6.45, 7) is -1.52. The predicted octanol–water partition coefficient (Wildman–Crippen LogP) is 1.10. The summed E-state index contributed by atoms with van der Waals surface area (Å²) in [4.78, 5) is 36.0. The second kappa shape index (κ2) is 6.15. The van der Waals surface area contributed by atoms with Gasteiger partial charge in [-0.15, -0.1) is 0 Å². The number of hydrogen-bond donors (Lipinski definition) is 3. The number of fused-ring (bicyclic) bond motifs is 1. The third-order valence-corrected chi connectivity index (χ3v) is 3.00. The topological polar surface area (TPSA) is 104 Å². The van der Waals surface area contributed by atoms with E-state index in [1.807, 2.05) is 0 Å². The van der Waals surface area contributed by atoms with Gasteiger partial charge in [0.1, 0.15) is 6.54 Å². The molecule has 3 N–H and O–H groups in total. The lowest BCUT2D eigenvalue weighted by atomic mass is 10.2. The third-order valence-electron chi connectivity index (χ3n) is 3.00. The summed E-state index contributed by atoms with van der Waals surface area (Å²) in [5, 5.41) is 10.8. The molecule has 23 heavy (non-hydrogen) atoms. The zero-order valence-corrected chi connectivity index (χ0v) is 11.6. The van der Waals surface area contributed by atoms with Crippen LogP contribution in [0.15, 0.2) is 23.0 Å². The van der Waals surface area contributed by atoms with Crippen LogP contribution in [0.5, 0.6) is 0 Å². The first-order chi connectivity index (χ1) is 10.7. The largest absolute Gasteiger partial charge is 0.481 e. The maximum Gasteiger partial charge on any atom is 0.406 e. The normalized spacial score (nSPS) is 11.6. The van der Waals surface area contributed by atoms with Crippen molar-refractivity contribution in [3.63, 3.8) is 0 Å². The van der Waals surface area contributed by atoms with Crippen molar-refractivity contribution in [2.24, 2.45) is 0 Å².